The molecule has 0 aliphatic rings. The van der Waals surface area contributed by atoms with Gasteiger partial charge in [0.1, 0.15) is 19.8 Å². The molecule has 50 heavy (non-hydrogen) atoms. The van der Waals surface area contributed by atoms with E-state index in [0.717, 1.165) is 58.0 Å². The third kappa shape index (κ3) is 28.5. The zero-order valence-electron chi connectivity index (χ0n) is 32.7. The van der Waals surface area contributed by atoms with E-state index in [1.54, 1.807) is 0 Å². The predicted molar refractivity (Wildman–Crippen MR) is 199 cm³/mol. The molecule has 0 aliphatic carbocycles. The number of aliphatic hydroxyl groups is 1. The first-order valence-corrected chi connectivity index (χ1v) is 20.0. The van der Waals surface area contributed by atoms with Crippen molar-refractivity contribution in [2.24, 2.45) is 11.3 Å². The molecule has 294 valence electrons. The molecule has 0 aromatic heterocycles. The van der Waals surface area contributed by atoms with Gasteiger partial charge in [-0.2, -0.15) is 0 Å². The fraction of sp³-hybridized carbons (Fsp3) is 0.900. The number of carbonyl (C=O) groups excluding carboxylic acids is 4. The lowest BCUT2D eigenvalue weighted by molar-refractivity contribution is -0.160. The van der Waals surface area contributed by atoms with Crippen molar-refractivity contribution in [3.63, 3.8) is 0 Å². The molecule has 0 heterocycles. The minimum atomic E-state index is -0.776. The van der Waals surface area contributed by atoms with Crippen molar-refractivity contribution >= 4 is 23.9 Å². The Kier molecular flexibility index (Phi) is 31.3. The quantitative estimate of drug-likeness (QED) is 0.0389. The lowest BCUT2D eigenvalue weighted by Gasteiger charge is -2.30. The maximum Gasteiger partial charge on any atom is 0.305 e. The SMILES string of the molecule is CCCCCCCCC(CCCCCC)COC(=O)CCCCCN(CCO)CCCCCC(=O)OCC(CC)(COC(C)=O)COC(C)=O. The van der Waals surface area contributed by atoms with E-state index < -0.39 is 17.4 Å². The number of hydrogen-bond donors (Lipinski definition) is 1. The van der Waals surface area contributed by atoms with Crippen LogP contribution in [-0.4, -0.2) is 86.6 Å². The van der Waals surface area contributed by atoms with Gasteiger partial charge in [0.05, 0.1) is 18.6 Å². The number of rotatable bonds is 35. The van der Waals surface area contributed by atoms with Gasteiger partial charge < -0.3 is 29.0 Å². The van der Waals surface area contributed by atoms with Gasteiger partial charge in [-0.1, -0.05) is 97.8 Å². The fourth-order valence-corrected chi connectivity index (χ4v) is 5.95. The third-order valence-corrected chi connectivity index (χ3v) is 9.49. The number of esters is 4. The number of nitrogens with zero attached hydrogens (tertiary/aromatic N) is 1. The highest BCUT2D eigenvalue weighted by molar-refractivity contribution is 5.69. The van der Waals surface area contributed by atoms with Gasteiger partial charge >= 0.3 is 23.9 Å². The first-order chi connectivity index (χ1) is 24.1. The van der Waals surface area contributed by atoms with E-state index in [-0.39, 0.29) is 44.8 Å². The second-order valence-electron chi connectivity index (χ2n) is 14.2. The lowest BCUT2D eigenvalue weighted by Crippen LogP contribution is -2.38. The number of aliphatic hydroxyl groups excluding tert-OH is 1. The summed E-state index contributed by atoms with van der Waals surface area (Å²) in [6.07, 6.45) is 21.4. The molecule has 0 spiro atoms. The van der Waals surface area contributed by atoms with Gasteiger partial charge in [0.25, 0.3) is 0 Å². The van der Waals surface area contributed by atoms with Crippen molar-refractivity contribution in [1.29, 1.82) is 0 Å². The van der Waals surface area contributed by atoms with Gasteiger partial charge in [-0.15, -0.1) is 0 Å². The zero-order valence-corrected chi connectivity index (χ0v) is 32.7. The van der Waals surface area contributed by atoms with Crippen LogP contribution in [0.2, 0.25) is 0 Å². The van der Waals surface area contributed by atoms with Gasteiger partial charge in [-0.05, 0) is 64.0 Å². The Bertz CT molecular complexity index is 848. The number of ether oxygens (including phenoxy) is 4. The summed E-state index contributed by atoms with van der Waals surface area (Å²) >= 11 is 0. The summed E-state index contributed by atoms with van der Waals surface area (Å²) < 4.78 is 21.6. The number of hydrogen-bond acceptors (Lipinski definition) is 10. The molecule has 1 unspecified atom stereocenters. The molecule has 0 radical (unpaired) electrons. The van der Waals surface area contributed by atoms with Crippen LogP contribution in [0.25, 0.3) is 0 Å². The highest BCUT2D eigenvalue weighted by Crippen LogP contribution is 2.25. The summed E-state index contributed by atoms with van der Waals surface area (Å²) in [6.45, 7) is 11.9. The van der Waals surface area contributed by atoms with Crippen LogP contribution in [-0.2, 0) is 38.1 Å². The molecule has 0 bridgehead atoms. The van der Waals surface area contributed by atoms with Crippen molar-refractivity contribution in [3.8, 4) is 0 Å². The molecule has 0 aromatic rings. The Hall–Kier alpha value is -2.20. The van der Waals surface area contributed by atoms with Crippen molar-refractivity contribution in [2.45, 2.75) is 169 Å². The van der Waals surface area contributed by atoms with E-state index in [1.165, 1.54) is 78.1 Å². The highest BCUT2D eigenvalue weighted by Gasteiger charge is 2.33. The smallest absolute Gasteiger partial charge is 0.305 e. The number of unbranched alkanes of at least 4 members (excludes halogenated alkanes) is 12. The van der Waals surface area contributed by atoms with Gasteiger partial charge in [0.15, 0.2) is 0 Å². The van der Waals surface area contributed by atoms with E-state index in [0.29, 0.717) is 38.3 Å². The molecule has 10 heteroatoms. The topological polar surface area (TPSA) is 129 Å². The summed E-state index contributed by atoms with van der Waals surface area (Å²) in [4.78, 5) is 49.9. The van der Waals surface area contributed by atoms with Crippen molar-refractivity contribution < 1.29 is 43.2 Å². The summed E-state index contributed by atoms with van der Waals surface area (Å²) in [5.41, 5.74) is -0.776. The van der Waals surface area contributed by atoms with Crippen LogP contribution in [0.1, 0.15) is 169 Å². The molecule has 0 fully saturated rings. The van der Waals surface area contributed by atoms with Crippen LogP contribution >= 0.6 is 0 Å². The number of carbonyl (C=O) groups is 4. The summed E-state index contributed by atoms with van der Waals surface area (Å²) in [7, 11) is 0. The van der Waals surface area contributed by atoms with Crippen molar-refractivity contribution in [3.05, 3.63) is 0 Å². The molecule has 10 nitrogen and oxygen atoms in total. The molecule has 0 aromatic carbocycles. The molecule has 0 amide bonds. The second kappa shape index (κ2) is 32.7. The Morgan fingerprint density at radius 1 is 0.560 bits per heavy atom. The minimum absolute atomic E-state index is 0.00318. The maximum atomic E-state index is 12.5. The van der Waals surface area contributed by atoms with E-state index >= 15 is 0 Å². The highest BCUT2D eigenvalue weighted by atomic mass is 16.6. The van der Waals surface area contributed by atoms with Crippen LogP contribution in [0, 0.1) is 11.3 Å². The molecule has 0 aliphatic heterocycles. The summed E-state index contributed by atoms with van der Waals surface area (Å²) in [5.74, 6) is -0.820. The average Bonchev–Trinajstić information content (AvgIpc) is 3.09. The predicted octanol–water partition coefficient (Wildman–Crippen LogP) is 8.35. The molecular weight excluding hydrogens is 638 g/mol. The third-order valence-electron chi connectivity index (χ3n) is 9.49. The Balaban J connectivity index is 4.33. The molecule has 0 rings (SSSR count). The molecule has 0 saturated carbocycles. The Labute approximate surface area is 305 Å². The lowest BCUT2D eigenvalue weighted by atomic mass is 9.88. The van der Waals surface area contributed by atoms with Gasteiger partial charge in [-0.3, -0.25) is 19.2 Å². The van der Waals surface area contributed by atoms with Crippen LogP contribution in [0.15, 0.2) is 0 Å². The molecule has 1 N–H and O–H groups in total. The van der Waals surface area contributed by atoms with Crippen LogP contribution < -0.4 is 0 Å². The summed E-state index contributed by atoms with van der Waals surface area (Å²) in [6, 6.07) is 0. The monoisotopic (exact) mass is 714 g/mol. The normalized spacial score (nSPS) is 12.1. The second-order valence-corrected chi connectivity index (χ2v) is 14.2. The zero-order chi connectivity index (χ0) is 37.3. The largest absolute Gasteiger partial charge is 0.465 e. The molecular formula is C40H75NO9. The standard InChI is InChI=1S/C40H75NO9/c1-6-9-11-13-14-18-24-37(23-17-12-10-7-2)31-47-38(45)25-19-15-21-27-41(29-30-42)28-22-16-20-26-39(46)50-34-40(8-3,32-48-35(4)43)33-49-36(5)44/h37,42H,6-34H2,1-5H3. The molecule has 0 saturated heterocycles. The first kappa shape index (κ1) is 47.8. The van der Waals surface area contributed by atoms with Gasteiger partial charge in [0.2, 0.25) is 0 Å². The van der Waals surface area contributed by atoms with E-state index in [4.69, 9.17) is 18.9 Å². The summed E-state index contributed by atoms with van der Waals surface area (Å²) in [5, 5.41) is 9.54. The first-order valence-electron chi connectivity index (χ1n) is 20.0. The van der Waals surface area contributed by atoms with E-state index in [9.17, 15) is 24.3 Å². The maximum absolute atomic E-state index is 12.5. The molecule has 1 atom stereocenters. The van der Waals surface area contributed by atoms with Crippen LogP contribution in [0.3, 0.4) is 0 Å². The fourth-order valence-electron chi connectivity index (χ4n) is 5.95. The Morgan fingerprint density at radius 2 is 1.00 bits per heavy atom. The van der Waals surface area contributed by atoms with E-state index in [2.05, 4.69) is 18.7 Å². The van der Waals surface area contributed by atoms with Crippen molar-refractivity contribution in [1.82, 2.24) is 4.90 Å². The van der Waals surface area contributed by atoms with Crippen LogP contribution in [0.5, 0.6) is 0 Å². The Morgan fingerprint density at radius 3 is 1.48 bits per heavy atom. The van der Waals surface area contributed by atoms with Crippen LogP contribution in [0.4, 0.5) is 0 Å². The van der Waals surface area contributed by atoms with Gasteiger partial charge in [0, 0.05) is 33.2 Å². The van der Waals surface area contributed by atoms with E-state index in [1.807, 2.05) is 6.92 Å². The average molecular weight is 714 g/mol. The van der Waals surface area contributed by atoms with Crippen molar-refractivity contribution in [2.75, 3.05) is 52.7 Å². The van der Waals surface area contributed by atoms with Gasteiger partial charge in [-0.25, -0.2) is 0 Å². The minimum Gasteiger partial charge on any atom is -0.465 e.